The molecule has 1 aliphatic carbocycles. The van der Waals surface area contributed by atoms with Crippen molar-refractivity contribution in [1.29, 1.82) is 0 Å². The van der Waals surface area contributed by atoms with Crippen LogP contribution in [0.3, 0.4) is 0 Å². The molecule has 0 bridgehead atoms. The molecular formula is C10H13NO4S2. The lowest BCUT2D eigenvalue weighted by Gasteiger charge is -2.05. The normalized spacial score (nSPS) is 15.8. The number of ether oxygens (including phenoxy) is 1. The standard InChI is InChI=1S/C10H13NO4S2/c1-15-10(12)9-8(4-5-16-9)17(13,14)11-6-7-2-3-7/h4-5,7,11H,2-3,6H2,1H3. The molecule has 1 aliphatic rings. The third-order valence-corrected chi connectivity index (χ3v) is 5.04. The van der Waals surface area contributed by atoms with Crippen LogP contribution in [0.15, 0.2) is 16.3 Å². The second-order valence-electron chi connectivity index (χ2n) is 3.90. The fraction of sp³-hybridized carbons (Fsp3) is 0.500. The number of hydrogen-bond donors (Lipinski definition) is 1. The Labute approximate surface area is 104 Å². The zero-order chi connectivity index (χ0) is 12.5. The second kappa shape index (κ2) is 4.75. The summed E-state index contributed by atoms with van der Waals surface area (Å²) in [6, 6.07) is 1.42. The molecule has 1 saturated carbocycles. The first-order valence-corrected chi connectivity index (χ1v) is 7.56. The van der Waals surface area contributed by atoms with Crippen LogP contribution in [0.2, 0.25) is 0 Å². The van der Waals surface area contributed by atoms with Gasteiger partial charge in [0, 0.05) is 6.54 Å². The number of hydrogen-bond acceptors (Lipinski definition) is 5. The van der Waals surface area contributed by atoms with Gasteiger partial charge in [0.2, 0.25) is 10.0 Å². The lowest BCUT2D eigenvalue weighted by Crippen LogP contribution is -2.26. The molecule has 1 fully saturated rings. The fourth-order valence-corrected chi connectivity index (χ4v) is 3.83. The lowest BCUT2D eigenvalue weighted by atomic mass is 10.4. The van der Waals surface area contributed by atoms with E-state index >= 15 is 0 Å². The lowest BCUT2D eigenvalue weighted by molar-refractivity contribution is 0.0602. The molecule has 1 aromatic heterocycles. The van der Waals surface area contributed by atoms with Crippen LogP contribution in [-0.4, -0.2) is 28.0 Å². The van der Waals surface area contributed by atoms with E-state index in [1.807, 2.05) is 0 Å². The molecule has 1 aromatic rings. The number of rotatable bonds is 5. The SMILES string of the molecule is COC(=O)c1sccc1S(=O)(=O)NCC1CC1. The molecule has 1 N–H and O–H groups in total. The van der Waals surface area contributed by atoms with E-state index in [0.717, 1.165) is 24.2 Å². The van der Waals surface area contributed by atoms with Gasteiger partial charge < -0.3 is 4.74 Å². The van der Waals surface area contributed by atoms with Gasteiger partial charge in [-0.3, -0.25) is 0 Å². The molecule has 17 heavy (non-hydrogen) atoms. The summed E-state index contributed by atoms with van der Waals surface area (Å²) in [5, 5.41) is 1.57. The van der Waals surface area contributed by atoms with Crippen LogP contribution < -0.4 is 4.72 Å². The highest BCUT2D eigenvalue weighted by Gasteiger charge is 2.27. The van der Waals surface area contributed by atoms with Gasteiger partial charge in [-0.25, -0.2) is 17.9 Å². The second-order valence-corrected chi connectivity index (χ2v) is 6.55. The summed E-state index contributed by atoms with van der Waals surface area (Å²) in [6.07, 6.45) is 2.13. The average Bonchev–Trinajstić information content (AvgIpc) is 3.00. The van der Waals surface area contributed by atoms with Crippen molar-refractivity contribution in [2.24, 2.45) is 5.92 Å². The van der Waals surface area contributed by atoms with E-state index in [0.29, 0.717) is 12.5 Å². The molecule has 2 rings (SSSR count). The summed E-state index contributed by atoms with van der Waals surface area (Å²) in [6.45, 7) is 0.443. The Morgan fingerprint density at radius 1 is 1.59 bits per heavy atom. The highest BCUT2D eigenvalue weighted by molar-refractivity contribution is 7.89. The van der Waals surface area contributed by atoms with Crippen molar-refractivity contribution in [3.8, 4) is 0 Å². The molecule has 0 unspecified atom stereocenters. The van der Waals surface area contributed by atoms with Gasteiger partial charge in [0.05, 0.1) is 7.11 Å². The highest BCUT2D eigenvalue weighted by atomic mass is 32.2. The van der Waals surface area contributed by atoms with Crippen LogP contribution in [0.4, 0.5) is 0 Å². The summed E-state index contributed by atoms with van der Waals surface area (Å²) in [5.74, 6) is -0.170. The molecular weight excluding hydrogens is 262 g/mol. The first-order valence-electron chi connectivity index (χ1n) is 5.20. The summed E-state index contributed by atoms with van der Waals surface area (Å²) in [7, 11) is -2.37. The zero-order valence-corrected chi connectivity index (χ0v) is 10.9. The Hall–Kier alpha value is -0.920. The van der Waals surface area contributed by atoms with E-state index in [1.54, 1.807) is 5.38 Å². The monoisotopic (exact) mass is 275 g/mol. The third kappa shape index (κ3) is 2.85. The molecule has 94 valence electrons. The van der Waals surface area contributed by atoms with E-state index in [1.165, 1.54) is 13.2 Å². The molecule has 0 amide bonds. The van der Waals surface area contributed by atoms with Crippen molar-refractivity contribution < 1.29 is 17.9 Å². The maximum absolute atomic E-state index is 12.0. The van der Waals surface area contributed by atoms with E-state index in [9.17, 15) is 13.2 Å². The van der Waals surface area contributed by atoms with Crippen LogP contribution in [0, 0.1) is 5.92 Å². The topological polar surface area (TPSA) is 72.5 Å². The minimum absolute atomic E-state index is 0.00926. The Morgan fingerprint density at radius 2 is 2.29 bits per heavy atom. The van der Waals surface area contributed by atoms with Gasteiger partial charge in [-0.05, 0) is 30.2 Å². The summed E-state index contributed by atoms with van der Waals surface area (Å²) >= 11 is 1.07. The van der Waals surface area contributed by atoms with Gasteiger partial charge in [-0.15, -0.1) is 11.3 Å². The van der Waals surface area contributed by atoms with E-state index < -0.39 is 16.0 Å². The summed E-state index contributed by atoms with van der Waals surface area (Å²) < 4.78 is 31.0. The molecule has 7 heteroatoms. The summed E-state index contributed by atoms with van der Waals surface area (Å²) in [4.78, 5) is 11.5. The van der Waals surface area contributed by atoms with Crippen molar-refractivity contribution in [1.82, 2.24) is 4.72 Å². The van der Waals surface area contributed by atoms with E-state index in [2.05, 4.69) is 9.46 Å². The first-order chi connectivity index (χ1) is 8.04. The number of esters is 1. The van der Waals surface area contributed by atoms with Gasteiger partial charge in [0.1, 0.15) is 9.77 Å². The molecule has 0 spiro atoms. The number of sulfonamides is 1. The van der Waals surface area contributed by atoms with Crippen molar-refractivity contribution in [3.63, 3.8) is 0 Å². The Kier molecular flexibility index (Phi) is 3.50. The number of thiophene rings is 1. The predicted octanol–water partition coefficient (Wildman–Crippen LogP) is 1.22. The number of carbonyl (C=O) groups excluding carboxylic acids is 1. The minimum Gasteiger partial charge on any atom is -0.465 e. The fourth-order valence-electron chi connectivity index (χ4n) is 1.38. The van der Waals surface area contributed by atoms with Crippen LogP contribution in [0.5, 0.6) is 0 Å². The van der Waals surface area contributed by atoms with Crippen molar-refractivity contribution >= 4 is 27.3 Å². The van der Waals surface area contributed by atoms with Crippen LogP contribution in [0.1, 0.15) is 22.5 Å². The van der Waals surface area contributed by atoms with Crippen molar-refractivity contribution in [2.75, 3.05) is 13.7 Å². The molecule has 0 aromatic carbocycles. The predicted molar refractivity (Wildman–Crippen MR) is 63.6 cm³/mol. The first kappa shape index (κ1) is 12.5. The number of nitrogens with one attached hydrogen (secondary N) is 1. The smallest absolute Gasteiger partial charge is 0.349 e. The van der Waals surface area contributed by atoms with Gasteiger partial charge in [-0.2, -0.15) is 0 Å². The van der Waals surface area contributed by atoms with E-state index in [4.69, 9.17) is 0 Å². The Morgan fingerprint density at radius 3 is 2.88 bits per heavy atom. The minimum atomic E-state index is -3.60. The Bertz CT molecular complexity index is 516. The van der Waals surface area contributed by atoms with Gasteiger partial charge in [-0.1, -0.05) is 0 Å². The maximum atomic E-state index is 12.0. The highest BCUT2D eigenvalue weighted by Crippen LogP contribution is 2.29. The van der Waals surface area contributed by atoms with Gasteiger partial charge in [0.25, 0.3) is 0 Å². The Balaban J connectivity index is 2.19. The summed E-state index contributed by atoms with van der Waals surface area (Å²) in [5.41, 5.74) is 0. The van der Waals surface area contributed by atoms with Crippen LogP contribution in [-0.2, 0) is 14.8 Å². The largest absolute Gasteiger partial charge is 0.465 e. The number of carbonyl (C=O) groups is 1. The van der Waals surface area contributed by atoms with Gasteiger partial charge >= 0.3 is 5.97 Å². The van der Waals surface area contributed by atoms with Crippen LogP contribution >= 0.6 is 11.3 Å². The molecule has 0 atom stereocenters. The van der Waals surface area contributed by atoms with Crippen molar-refractivity contribution in [2.45, 2.75) is 17.7 Å². The number of methoxy groups -OCH3 is 1. The van der Waals surface area contributed by atoms with E-state index in [-0.39, 0.29) is 9.77 Å². The molecule has 0 saturated heterocycles. The zero-order valence-electron chi connectivity index (χ0n) is 9.30. The average molecular weight is 275 g/mol. The van der Waals surface area contributed by atoms with Crippen molar-refractivity contribution in [3.05, 3.63) is 16.3 Å². The van der Waals surface area contributed by atoms with Gasteiger partial charge in [0.15, 0.2) is 0 Å². The third-order valence-electron chi connectivity index (χ3n) is 2.55. The molecule has 0 aliphatic heterocycles. The quantitative estimate of drug-likeness (QED) is 0.820. The van der Waals surface area contributed by atoms with Crippen LogP contribution in [0.25, 0.3) is 0 Å². The molecule has 5 nitrogen and oxygen atoms in total. The maximum Gasteiger partial charge on any atom is 0.349 e. The molecule has 0 radical (unpaired) electrons. The molecule has 1 heterocycles.